The Bertz CT molecular complexity index is 865. The number of aromatic nitrogens is 3. The monoisotopic (exact) mass is 346 g/mol. The number of nitrogen functional groups attached to an aromatic ring is 1. The maximum Gasteiger partial charge on any atom is 0.350 e. The first-order valence-corrected chi connectivity index (χ1v) is 8.91. The Labute approximate surface area is 141 Å². The molecule has 3 rings (SSSR count). The molecule has 3 aromatic rings. The lowest BCUT2D eigenvalue weighted by molar-refractivity contribution is 0.0533. The first-order valence-electron chi connectivity index (χ1n) is 6.87. The quantitative estimate of drug-likeness (QED) is 0.440. The summed E-state index contributed by atoms with van der Waals surface area (Å²) in [5, 5.41) is 1.45. The van der Waals surface area contributed by atoms with Crippen molar-refractivity contribution in [1.29, 1.82) is 0 Å². The number of carbonyl (C=O) groups is 1. The average Bonchev–Trinajstić information content (AvgIpc) is 2.92. The van der Waals surface area contributed by atoms with Gasteiger partial charge in [-0.05, 0) is 25.3 Å². The van der Waals surface area contributed by atoms with Crippen molar-refractivity contribution in [2.24, 2.45) is 0 Å². The maximum absolute atomic E-state index is 12.0. The highest BCUT2D eigenvalue weighted by molar-refractivity contribution is 7.98. The van der Waals surface area contributed by atoms with Crippen molar-refractivity contribution in [3.63, 3.8) is 0 Å². The summed E-state index contributed by atoms with van der Waals surface area (Å²) < 4.78 is 5.05. The van der Waals surface area contributed by atoms with Gasteiger partial charge in [0.1, 0.15) is 14.7 Å². The largest absolute Gasteiger partial charge is 0.462 e. The van der Waals surface area contributed by atoms with E-state index in [-0.39, 0.29) is 0 Å². The molecule has 0 amide bonds. The number of nitrogens with zero attached hydrogens (tertiary/aromatic N) is 3. The number of esters is 1. The van der Waals surface area contributed by atoms with Crippen LogP contribution in [-0.2, 0) is 4.74 Å². The fourth-order valence-corrected chi connectivity index (χ4v) is 3.76. The van der Waals surface area contributed by atoms with E-state index in [4.69, 9.17) is 10.5 Å². The molecule has 23 heavy (non-hydrogen) atoms. The number of fused-ring (bicyclic) bond motifs is 1. The van der Waals surface area contributed by atoms with Crippen molar-refractivity contribution < 1.29 is 9.53 Å². The second kappa shape index (κ2) is 6.51. The zero-order valence-electron chi connectivity index (χ0n) is 12.6. The Balaban J connectivity index is 2.20. The number of anilines is 1. The molecule has 3 heterocycles. The van der Waals surface area contributed by atoms with E-state index in [1.807, 2.05) is 18.4 Å². The third kappa shape index (κ3) is 2.87. The molecule has 0 aliphatic heterocycles. The van der Waals surface area contributed by atoms with E-state index in [0.29, 0.717) is 33.2 Å². The van der Waals surface area contributed by atoms with E-state index < -0.39 is 5.97 Å². The molecule has 0 saturated carbocycles. The summed E-state index contributed by atoms with van der Waals surface area (Å²) in [6.07, 6.45) is 5.29. The minimum atomic E-state index is -0.425. The minimum absolute atomic E-state index is 0.301. The number of hydrogen-bond donors (Lipinski definition) is 1. The first kappa shape index (κ1) is 15.7. The smallest absolute Gasteiger partial charge is 0.350 e. The Kier molecular flexibility index (Phi) is 4.44. The molecule has 0 aliphatic rings. The summed E-state index contributed by atoms with van der Waals surface area (Å²) in [7, 11) is 0. The van der Waals surface area contributed by atoms with Crippen LogP contribution in [0, 0.1) is 0 Å². The molecule has 0 aromatic carbocycles. The van der Waals surface area contributed by atoms with Crippen LogP contribution in [0.25, 0.3) is 21.6 Å². The zero-order chi connectivity index (χ0) is 16.4. The third-order valence-electron chi connectivity index (χ3n) is 3.15. The van der Waals surface area contributed by atoms with Gasteiger partial charge in [0.15, 0.2) is 5.82 Å². The molecule has 0 aliphatic carbocycles. The molecule has 0 unspecified atom stereocenters. The van der Waals surface area contributed by atoms with Gasteiger partial charge in [0.25, 0.3) is 0 Å². The summed E-state index contributed by atoms with van der Waals surface area (Å²) in [5.74, 6) is 0.159. The molecule has 0 spiro atoms. The number of thioether (sulfide) groups is 1. The lowest BCUT2D eigenvalue weighted by atomic mass is 10.2. The van der Waals surface area contributed by atoms with Gasteiger partial charge < -0.3 is 10.5 Å². The summed E-state index contributed by atoms with van der Waals surface area (Å²) in [4.78, 5) is 26.2. The standard InChI is InChI=1S/C15H14N4O2S2/c1-3-21-15(20)11-10(16)9-13(22-2)18-12(19-14(9)23-11)8-4-6-17-7-5-8/h4-7H,3,16H2,1-2H3. The number of rotatable bonds is 4. The van der Waals surface area contributed by atoms with Crippen LogP contribution in [0.4, 0.5) is 5.69 Å². The van der Waals surface area contributed by atoms with Crippen LogP contribution < -0.4 is 5.73 Å². The Morgan fingerprint density at radius 1 is 1.35 bits per heavy atom. The summed E-state index contributed by atoms with van der Waals surface area (Å²) in [6.45, 7) is 2.06. The molecule has 2 N–H and O–H groups in total. The minimum Gasteiger partial charge on any atom is -0.462 e. The van der Waals surface area contributed by atoms with Gasteiger partial charge in [0.05, 0.1) is 17.7 Å². The predicted molar refractivity (Wildman–Crippen MR) is 92.8 cm³/mol. The van der Waals surface area contributed by atoms with Gasteiger partial charge in [-0.25, -0.2) is 14.8 Å². The Hall–Kier alpha value is -2.19. The second-order valence-electron chi connectivity index (χ2n) is 4.54. The highest BCUT2D eigenvalue weighted by atomic mass is 32.2. The van der Waals surface area contributed by atoms with Gasteiger partial charge in [-0.2, -0.15) is 0 Å². The molecule has 0 bridgehead atoms. The van der Waals surface area contributed by atoms with Crippen LogP contribution in [0.15, 0.2) is 29.6 Å². The van der Waals surface area contributed by atoms with Gasteiger partial charge in [-0.1, -0.05) is 0 Å². The van der Waals surface area contributed by atoms with Crippen molar-refractivity contribution in [2.45, 2.75) is 11.9 Å². The fraction of sp³-hybridized carbons (Fsp3) is 0.200. The first-order chi connectivity index (χ1) is 11.2. The molecule has 0 radical (unpaired) electrons. The van der Waals surface area contributed by atoms with Gasteiger partial charge >= 0.3 is 5.97 Å². The summed E-state index contributed by atoms with van der Waals surface area (Å²) in [5.41, 5.74) is 7.39. The third-order valence-corrected chi connectivity index (χ3v) is 4.91. The van der Waals surface area contributed by atoms with E-state index in [1.54, 1.807) is 19.3 Å². The van der Waals surface area contributed by atoms with Crippen LogP contribution in [0.2, 0.25) is 0 Å². The normalized spacial score (nSPS) is 10.9. The van der Waals surface area contributed by atoms with Crippen LogP contribution >= 0.6 is 23.1 Å². The van der Waals surface area contributed by atoms with E-state index in [2.05, 4.69) is 15.0 Å². The van der Waals surface area contributed by atoms with Crippen LogP contribution in [0.5, 0.6) is 0 Å². The molecule has 3 aromatic heterocycles. The van der Waals surface area contributed by atoms with Gasteiger partial charge in [0, 0.05) is 18.0 Å². The lowest BCUT2D eigenvalue weighted by Gasteiger charge is -2.04. The van der Waals surface area contributed by atoms with Gasteiger partial charge in [-0.3, -0.25) is 4.98 Å². The molecular formula is C15H14N4O2S2. The summed E-state index contributed by atoms with van der Waals surface area (Å²) >= 11 is 2.70. The Morgan fingerprint density at radius 2 is 2.09 bits per heavy atom. The average molecular weight is 346 g/mol. The van der Waals surface area contributed by atoms with Crippen LogP contribution in [0.3, 0.4) is 0 Å². The van der Waals surface area contributed by atoms with Crippen molar-refractivity contribution in [3.05, 3.63) is 29.4 Å². The van der Waals surface area contributed by atoms with E-state index in [0.717, 1.165) is 10.6 Å². The van der Waals surface area contributed by atoms with E-state index in [9.17, 15) is 4.79 Å². The number of pyridine rings is 1. The van der Waals surface area contributed by atoms with E-state index >= 15 is 0 Å². The van der Waals surface area contributed by atoms with Crippen molar-refractivity contribution in [3.8, 4) is 11.4 Å². The number of carbonyl (C=O) groups excluding carboxylic acids is 1. The predicted octanol–water partition coefficient (Wildman–Crippen LogP) is 3.23. The lowest BCUT2D eigenvalue weighted by Crippen LogP contribution is -2.04. The van der Waals surface area contributed by atoms with Crippen LogP contribution in [-0.4, -0.2) is 33.8 Å². The second-order valence-corrected chi connectivity index (χ2v) is 6.33. The molecule has 0 atom stereocenters. The number of hydrogen-bond acceptors (Lipinski definition) is 8. The Morgan fingerprint density at radius 3 is 2.74 bits per heavy atom. The molecule has 0 saturated heterocycles. The maximum atomic E-state index is 12.0. The summed E-state index contributed by atoms with van der Waals surface area (Å²) in [6, 6.07) is 3.68. The van der Waals surface area contributed by atoms with E-state index in [1.165, 1.54) is 23.1 Å². The number of ether oxygens (including phenoxy) is 1. The fourth-order valence-electron chi connectivity index (χ4n) is 2.12. The SMILES string of the molecule is CCOC(=O)c1sc2nc(-c3ccncc3)nc(SC)c2c1N. The highest BCUT2D eigenvalue weighted by Gasteiger charge is 2.22. The van der Waals surface area contributed by atoms with Gasteiger partial charge in [0.2, 0.25) is 0 Å². The van der Waals surface area contributed by atoms with Crippen molar-refractivity contribution in [1.82, 2.24) is 15.0 Å². The van der Waals surface area contributed by atoms with Gasteiger partial charge in [-0.15, -0.1) is 23.1 Å². The van der Waals surface area contributed by atoms with Crippen LogP contribution in [0.1, 0.15) is 16.6 Å². The molecular weight excluding hydrogens is 332 g/mol. The molecule has 118 valence electrons. The number of thiophene rings is 1. The highest BCUT2D eigenvalue weighted by Crippen LogP contribution is 2.38. The molecule has 0 fully saturated rings. The number of nitrogens with two attached hydrogens (primary N) is 1. The van der Waals surface area contributed by atoms with Crippen molar-refractivity contribution >= 4 is 45.0 Å². The molecule has 8 heteroatoms. The molecule has 6 nitrogen and oxygen atoms in total. The zero-order valence-corrected chi connectivity index (χ0v) is 14.2. The topological polar surface area (TPSA) is 91.0 Å². The van der Waals surface area contributed by atoms with Crippen molar-refractivity contribution in [2.75, 3.05) is 18.6 Å².